The molecule has 2 aliphatic rings. The lowest BCUT2D eigenvalue weighted by Gasteiger charge is -2.36. The average Bonchev–Trinajstić information content (AvgIpc) is 2.47. The van der Waals surface area contributed by atoms with Gasteiger partial charge >= 0.3 is 0 Å². The van der Waals surface area contributed by atoms with E-state index in [-0.39, 0.29) is 5.41 Å². The van der Waals surface area contributed by atoms with E-state index in [1.54, 1.807) is 0 Å². The zero-order valence-electron chi connectivity index (χ0n) is 12.5. The van der Waals surface area contributed by atoms with E-state index in [1.165, 1.54) is 33.7 Å². The highest BCUT2D eigenvalue weighted by Crippen LogP contribution is 2.44. The summed E-state index contributed by atoms with van der Waals surface area (Å²) in [4.78, 5) is 3.24. The van der Waals surface area contributed by atoms with Gasteiger partial charge in [0.15, 0.2) is 5.71 Å². The van der Waals surface area contributed by atoms with Gasteiger partial charge in [0.2, 0.25) is 0 Å². The molecule has 3 rings (SSSR count). The monoisotopic (exact) mass is 265 g/mol. The standard InChI is InChI=1S/C18H20N2/c1-18(2)16-10-14(19-3)7-5-12(16)9-13-6-8-15(20-4)11-17(13)18/h5-11,19H,1-4H3/p+1. The number of hydrogen-bond acceptors (Lipinski definition) is 1. The number of fused-ring (bicyclic) bond motifs is 2. The zero-order valence-corrected chi connectivity index (χ0v) is 12.5. The van der Waals surface area contributed by atoms with Gasteiger partial charge in [0, 0.05) is 30.3 Å². The Morgan fingerprint density at radius 2 is 1.90 bits per heavy atom. The molecule has 0 bridgehead atoms. The first-order chi connectivity index (χ1) is 9.56. The predicted molar refractivity (Wildman–Crippen MR) is 86.1 cm³/mol. The Kier molecular flexibility index (Phi) is 2.89. The van der Waals surface area contributed by atoms with Crippen LogP contribution in [-0.4, -0.2) is 19.8 Å². The number of benzene rings is 1. The number of hydrogen-bond donors (Lipinski definition) is 2. The molecule has 0 atom stereocenters. The molecule has 0 spiro atoms. The van der Waals surface area contributed by atoms with Crippen LogP contribution in [0.15, 0.2) is 47.6 Å². The first-order valence-electron chi connectivity index (χ1n) is 7.05. The molecular weight excluding hydrogens is 244 g/mol. The maximum atomic E-state index is 3.24. The Bertz CT molecular complexity index is 685. The minimum absolute atomic E-state index is 0.0130. The SMILES string of the molecule is CNc1ccc2c(c1)C(C)(C)C1=CC(=[NH+]C)C=CC1=C2. The molecule has 0 aliphatic heterocycles. The van der Waals surface area contributed by atoms with Crippen LogP contribution in [0.2, 0.25) is 0 Å². The predicted octanol–water partition coefficient (Wildman–Crippen LogP) is 2.05. The van der Waals surface area contributed by atoms with E-state index in [1.807, 2.05) is 14.1 Å². The molecule has 0 heterocycles. The van der Waals surface area contributed by atoms with Crippen molar-refractivity contribution in [3.8, 4) is 0 Å². The van der Waals surface area contributed by atoms with Crippen LogP contribution in [0.25, 0.3) is 6.08 Å². The van der Waals surface area contributed by atoms with Gasteiger partial charge in [-0.25, -0.2) is 4.99 Å². The number of nitrogens with one attached hydrogen (secondary N) is 2. The van der Waals surface area contributed by atoms with Gasteiger partial charge in [-0.3, -0.25) is 0 Å². The topological polar surface area (TPSA) is 26.0 Å². The maximum absolute atomic E-state index is 3.24. The molecule has 102 valence electrons. The highest BCUT2D eigenvalue weighted by atomic mass is 14.8. The summed E-state index contributed by atoms with van der Waals surface area (Å²) in [6.07, 6.45) is 8.89. The summed E-state index contributed by atoms with van der Waals surface area (Å²) in [7, 11) is 3.93. The third kappa shape index (κ3) is 1.83. The molecule has 0 saturated carbocycles. The van der Waals surface area contributed by atoms with Crippen LogP contribution < -0.4 is 10.3 Å². The first kappa shape index (κ1) is 12.9. The molecule has 0 fully saturated rings. The first-order valence-corrected chi connectivity index (χ1v) is 7.05. The molecule has 0 aromatic heterocycles. The highest BCUT2D eigenvalue weighted by Gasteiger charge is 2.34. The van der Waals surface area contributed by atoms with Crippen molar-refractivity contribution in [1.82, 2.24) is 0 Å². The fourth-order valence-electron chi connectivity index (χ4n) is 3.07. The second kappa shape index (κ2) is 4.48. The summed E-state index contributed by atoms with van der Waals surface area (Å²) < 4.78 is 0. The number of rotatable bonds is 1. The van der Waals surface area contributed by atoms with Gasteiger partial charge in [-0.05, 0) is 46.6 Å². The van der Waals surface area contributed by atoms with E-state index in [4.69, 9.17) is 0 Å². The minimum Gasteiger partial charge on any atom is -0.388 e. The molecule has 0 saturated heterocycles. The molecule has 2 nitrogen and oxygen atoms in total. The molecule has 1 aromatic rings. The maximum Gasteiger partial charge on any atom is 0.198 e. The van der Waals surface area contributed by atoms with Crippen molar-refractivity contribution in [2.24, 2.45) is 0 Å². The summed E-state index contributed by atoms with van der Waals surface area (Å²) in [5.41, 5.74) is 7.74. The molecule has 0 amide bonds. The Morgan fingerprint density at radius 1 is 1.10 bits per heavy atom. The second-order valence-electron chi connectivity index (χ2n) is 5.87. The van der Waals surface area contributed by atoms with Gasteiger partial charge in [0.05, 0.1) is 0 Å². The quantitative estimate of drug-likeness (QED) is 0.798. The number of allylic oxidation sites excluding steroid dienone is 5. The van der Waals surface area contributed by atoms with Crippen molar-refractivity contribution in [3.63, 3.8) is 0 Å². The Balaban J connectivity index is 2.23. The fourth-order valence-corrected chi connectivity index (χ4v) is 3.07. The lowest BCUT2D eigenvalue weighted by atomic mass is 9.67. The van der Waals surface area contributed by atoms with Crippen LogP contribution in [0.4, 0.5) is 5.69 Å². The van der Waals surface area contributed by atoms with Crippen molar-refractivity contribution >= 4 is 17.5 Å². The largest absolute Gasteiger partial charge is 0.388 e. The van der Waals surface area contributed by atoms with Crippen LogP contribution in [-0.2, 0) is 5.41 Å². The second-order valence-corrected chi connectivity index (χ2v) is 5.87. The van der Waals surface area contributed by atoms with E-state index >= 15 is 0 Å². The number of anilines is 1. The summed E-state index contributed by atoms with van der Waals surface area (Å²) in [6, 6.07) is 6.61. The van der Waals surface area contributed by atoms with E-state index in [9.17, 15) is 0 Å². The molecule has 0 radical (unpaired) electrons. The summed E-state index contributed by atoms with van der Waals surface area (Å²) in [5, 5.41) is 3.24. The Hall–Kier alpha value is -2.09. The fraction of sp³-hybridized carbons (Fsp3) is 0.278. The van der Waals surface area contributed by atoms with Crippen molar-refractivity contribution in [3.05, 3.63) is 58.7 Å². The molecule has 20 heavy (non-hydrogen) atoms. The van der Waals surface area contributed by atoms with E-state index in [0.29, 0.717) is 0 Å². The van der Waals surface area contributed by atoms with E-state index in [2.05, 4.69) is 66.7 Å². The van der Waals surface area contributed by atoms with Crippen LogP contribution in [0.3, 0.4) is 0 Å². The van der Waals surface area contributed by atoms with Crippen LogP contribution in [0, 0.1) is 0 Å². The van der Waals surface area contributed by atoms with Crippen molar-refractivity contribution in [2.45, 2.75) is 19.3 Å². The third-order valence-corrected chi connectivity index (χ3v) is 4.34. The van der Waals surface area contributed by atoms with Crippen LogP contribution >= 0.6 is 0 Å². The molecule has 2 heteroatoms. The summed E-state index contributed by atoms with van der Waals surface area (Å²) >= 11 is 0. The Morgan fingerprint density at radius 3 is 2.60 bits per heavy atom. The molecule has 1 aromatic carbocycles. The molecule has 0 unspecified atom stereocenters. The normalized spacial score (nSPS) is 20.9. The van der Waals surface area contributed by atoms with E-state index in [0.717, 1.165) is 0 Å². The van der Waals surface area contributed by atoms with Crippen molar-refractivity contribution < 1.29 is 4.99 Å². The lowest BCUT2D eigenvalue weighted by molar-refractivity contribution is -0.417. The van der Waals surface area contributed by atoms with Crippen LogP contribution in [0.1, 0.15) is 25.0 Å². The average molecular weight is 265 g/mol. The van der Waals surface area contributed by atoms with Gasteiger partial charge < -0.3 is 5.32 Å². The third-order valence-electron chi connectivity index (χ3n) is 4.34. The van der Waals surface area contributed by atoms with Crippen molar-refractivity contribution in [2.75, 3.05) is 19.4 Å². The highest BCUT2D eigenvalue weighted by molar-refractivity contribution is 6.04. The van der Waals surface area contributed by atoms with Gasteiger partial charge in [-0.1, -0.05) is 19.9 Å². The van der Waals surface area contributed by atoms with Gasteiger partial charge in [0.25, 0.3) is 0 Å². The molecule has 2 aliphatic carbocycles. The van der Waals surface area contributed by atoms with Gasteiger partial charge in [-0.2, -0.15) is 0 Å². The minimum atomic E-state index is 0.0130. The summed E-state index contributed by atoms with van der Waals surface area (Å²) in [5.74, 6) is 0. The zero-order chi connectivity index (χ0) is 14.3. The summed E-state index contributed by atoms with van der Waals surface area (Å²) in [6.45, 7) is 4.60. The van der Waals surface area contributed by atoms with Gasteiger partial charge in [-0.15, -0.1) is 0 Å². The smallest absolute Gasteiger partial charge is 0.198 e. The molecular formula is C18H21N2+. The van der Waals surface area contributed by atoms with E-state index < -0.39 is 0 Å². The van der Waals surface area contributed by atoms with Gasteiger partial charge in [0.1, 0.15) is 7.05 Å². The Labute approximate surface area is 120 Å². The molecule has 2 N–H and O–H groups in total. The van der Waals surface area contributed by atoms with Crippen molar-refractivity contribution in [1.29, 1.82) is 0 Å². The van der Waals surface area contributed by atoms with Crippen LogP contribution in [0.5, 0.6) is 0 Å². The lowest BCUT2D eigenvalue weighted by Crippen LogP contribution is -2.67.